The van der Waals surface area contributed by atoms with Crippen molar-refractivity contribution in [2.45, 2.75) is 57.1 Å². The lowest BCUT2D eigenvalue weighted by atomic mass is 9.72. The van der Waals surface area contributed by atoms with Gasteiger partial charge in [0.05, 0.1) is 6.42 Å². The van der Waals surface area contributed by atoms with E-state index in [0.717, 1.165) is 32.1 Å². The van der Waals surface area contributed by atoms with Crippen LogP contribution in [0, 0.1) is 5.41 Å². The first kappa shape index (κ1) is 18.1. The summed E-state index contributed by atoms with van der Waals surface area (Å²) in [5, 5.41) is 15.3. The first-order valence-corrected chi connectivity index (χ1v) is 9.02. The van der Waals surface area contributed by atoms with Gasteiger partial charge in [-0.3, -0.25) is 4.79 Å². The number of rotatable bonds is 8. The van der Waals surface area contributed by atoms with Crippen molar-refractivity contribution in [1.82, 2.24) is 10.6 Å². The molecule has 6 heteroatoms. The summed E-state index contributed by atoms with van der Waals surface area (Å²) in [5.74, 6) is -0.770. The van der Waals surface area contributed by atoms with Crippen molar-refractivity contribution < 1.29 is 14.7 Å². The highest BCUT2D eigenvalue weighted by molar-refractivity contribution is 7.99. The van der Waals surface area contributed by atoms with Crippen LogP contribution >= 0.6 is 11.8 Å². The lowest BCUT2D eigenvalue weighted by Crippen LogP contribution is -2.44. The molecule has 1 aliphatic rings. The summed E-state index contributed by atoms with van der Waals surface area (Å²) in [5.41, 5.74) is -0.256. The second kappa shape index (κ2) is 9.18. The molecule has 1 aliphatic carbocycles. The van der Waals surface area contributed by atoms with Crippen LogP contribution in [0.5, 0.6) is 0 Å². The number of urea groups is 1. The summed E-state index contributed by atoms with van der Waals surface area (Å²) in [6, 6.07) is -0.182. The van der Waals surface area contributed by atoms with Gasteiger partial charge in [0.2, 0.25) is 0 Å². The average Bonchev–Trinajstić information content (AvgIpc) is 2.45. The minimum absolute atomic E-state index is 0.150. The number of thioether (sulfide) groups is 1. The third-order valence-corrected chi connectivity index (χ3v) is 5.34. The van der Waals surface area contributed by atoms with Crippen molar-refractivity contribution in [1.29, 1.82) is 0 Å². The molecule has 0 radical (unpaired) electrons. The molecule has 1 saturated carbocycles. The molecule has 2 amide bonds. The third kappa shape index (κ3) is 7.07. The van der Waals surface area contributed by atoms with Crippen molar-refractivity contribution in [3.05, 3.63) is 0 Å². The zero-order chi connectivity index (χ0) is 15.7. The van der Waals surface area contributed by atoms with Crippen LogP contribution in [0.1, 0.15) is 51.9 Å². The minimum atomic E-state index is -0.770. The Morgan fingerprint density at radius 3 is 2.48 bits per heavy atom. The van der Waals surface area contributed by atoms with E-state index in [2.05, 4.69) is 23.8 Å². The van der Waals surface area contributed by atoms with Crippen LogP contribution in [0.15, 0.2) is 0 Å². The first-order valence-electron chi connectivity index (χ1n) is 7.74. The molecule has 0 saturated heterocycles. The summed E-state index contributed by atoms with van der Waals surface area (Å²) in [4.78, 5) is 22.9. The van der Waals surface area contributed by atoms with Crippen molar-refractivity contribution in [2.24, 2.45) is 5.41 Å². The van der Waals surface area contributed by atoms with Crippen molar-refractivity contribution in [3.8, 4) is 0 Å². The van der Waals surface area contributed by atoms with Crippen LogP contribution in [0.2, 0.25) is 0 Å². The molecule has 0 heterocycles. The topological polar surface area (TPSA) is 78.4 Å². The second-order valence-corrected chi connectivity index (χ2v) is 7.35. The standard InChI is InChI=1S/C15H28N2O3S/c1-12(21-2)6-9-16-14(20)17-11-15(10-13(18)19)7-4-3-5-8-15/h12H,3-11H2,1-2H3,(H,18,19)(H2,16,17,20). The monoisotopic (exact) mass is 316 g/mol. The molecule has 3 N–H and O–H groups in total. The average molecular weight is 316 g/mol. The Kier molecular flexibility index (Phi) is 7.93. The predicted octanol–water partition coefficient (Wildman–Crippen LogP) is 2.85. The Morgan fingerprint density at radius 1 is 1.24 bits per heavy atom. The van der Waals surface area contributed by atoms with E-state index in [-0.39, 0.29) is 17.9 Å². The maximum atomic E-state index is 11.8. The fourth-order valence-electron chi connectivity index (χ4n) is 2.88. The van der Waals surface area contributed by atoms with Crippen molar-refractivity contribution in [2.75, 3.05) is 19.3 Å². The summed E-state index contributed by atoms with van der Waals surface area (Å²) >= 11 is 1.78. The molecule has 5 nitrogen and oxygen atoms in total. The highest BCUT2D eigenvalue weighted by atomic mass is 32.2. The number of hydrogen-bond donors (Lipinski definition) is 3. The van der Waals surface area contributed by atoms with Gasteiger partial charge in [0, 0.05) is 18.3 Å². The predicted molar refractivity (Wildman–Crippen MR) is 86.8 cm³/mol. The number of carbonyl (C=O) groups is 2. The number of carboxylic acids is 1. The quantitative estimate of drug-likeness (QED) is 0.643. The molecule has 1 unspecified atom stereocenters. The Bertz CT molecular complexity index is 344. The van der Waals surface area contributed by atoms with Gasteiger partial charge in [0.15, 0.2) is 0 Å². The largest absolute Gasteiger partial charge is 0.481 e. The summed E-state index contributed by atoms with van der Waals surface area (Å²) in [6.45, 7) is 3.25. The SMILES string of the molecule is CSC(C)CCNC(=O)NCC1(CC(=O)O)CCCCC1. The number of hydrogen-bond acceptors (Lipinski definition) is 3. The second-order valence-electron chi connectivity index (χ2n) is 6.08. The Labute approximate surface area is 131 Å². The number of nitrogens with one attached hydrogen (secondary N) is 2. The first-order chi connectivity index (χ1) is 9.97. The van der Waals surface area contributed by atoms with E-state index in [0.29, 0.717) is 18.3 Å². The van der Waals surface area contributed by atoms with E-state index in [1.165, 1.54) is 6.42 Å². The van der Waals surface area contributed by atoms with Gasteiger partial charge in [0.1, 0.15) is 0 Å². The zero-order valence-electron chi connectivity index (χ0n) is 13.1. The van der Waals surface area contributed by atoms with E-state index >= 15 is 0 Å². The molecule has 1 rings (SSSR count). The van der Waals surface area contributed by atoms with Gasteiger partial charge in [-0.2, -0.15) is 11.8 Å². The van der Waals surface area contributed by atoms with Gasteiger partial charge in [-0.1, -0.05) is 26.2 Å². The molecule has 0 spiro atoms. The maximum absolute atomic E-state index is 11.8. The van der Waals surface area contributed by atoms with Crippen LogP contribution < -0.4 is 10.6 Å². The number of carbonyl (C=O) groups excluding carboxylic acids is 1. The summed E-state index contributed by atoms with van der Waals surface area (Å²) < 4.78 is 0. The van der Waals surface area contributed by atoms with Gasteiger partial charge in [0.25, 0.3) is 0 Å². The van der Waals surface area contributed by atoms with Crippen molar-refractivity contribution >= 4 is 23.8 Å². The zero-order valence-corrected chi connectivity index (χ0v) is 13.9. The Morgan fingerprint density at radius 2 is 1.90 bits per heavy atom. The van der Waals surface area contributed by atoms with Crippen LogP contribution in [-0.4, -0.2) is 41.7 Å². The summed E-state index contributed by atoms with van der Waals surface area (Å²) in [6.07, 6.45) is 8.21. The molecule has 0 aromatic rings. The van der Waals surface area contributed by atoms with Crippen LogP contribution in [-0.2, 0) is 4.79 Å². The van der Waals surface area contributed by atoms with Crippen LogP contribution in [0.3, 0.4) is 0 Å². The fourth-order valence-corrected chi connectivity index (χ4v) is 3.23. The van der Waals surface area contributed by atoms with Crippen LogP contribution in [0.4, 0.5) is 4.79 Å². The molecule has 21 heavy (non-hydrogen) atoms. The van der Waals surface area contributed by atoms with E-state index in [4.69, 9.17) is 5.11 Å². The Balaban J connectivity index is 2.35. The van der Waals surface area contributed by atoms with Gasteiger partial charge >= 0.3 is 12.0 Å². The molecule has 122 valence electrons. The number of carboxylic acid groups (broad SMARTS) is 1. The summed E-state index contributed by atoms with van der Waals surface area (Å²) in [7, 11) is 0. The van der Waals surface area contributed by atoms with Gasteiger partial charge in [-0.25, -0.2) is 4.79 Å². The smallest absolute Gasteiger partial charge is 0.314 e. The number of amides is 2. The molecule has 0 aromatic carbocycles. The van der Waals surface area contributed by atoms with Gasteiger partial charge in [-0.05, 0) is 30.9 Å². The molecule has 1 atom stereocenters. The van der Waals surface area contributed by atoms with E-state index in [9.17, 15) is 9.59 Å². The lowest BCUT2D eigenvalue weighted by molar-refractivity contribution is -0.140. The van der Waals surface area contributed by atoms with Gasteiger partial charge in [-0.15, -0.1) is 0 Å². The molecular weight excluding hydrogens is 288 g/mol. The highest BCUT2D eigenvalue weighted by Crippen LogP contribution is 2.38. The lowest BCUT2D eigenvalue weighted by Gasteiger charge is -2.36. The molecule has 0 aromatic heterocycles. The highest BCUT2D eigenvalue weighted by Gasteiger charge is 2.34. The minimum Gasteiger partial charge on any atom is -0.481 e. The van der Waals surface area contributed by atoms with Crippen LogP contribution in [0.25, 0.3) is 0 Å². The molecule has 1 fully saturated rings. The molecule has 0 bridgehead atoms. The van der Waals surface area contributed by atoms with E-state index in [1.807, 2.05) is 0 Å². The van der Waals surface area contributed by atoms with Crippen molar-refractivity contribution in [3.63, 3.8) is 0 Å². The van der Waals surface area contributed by atoms with E-state index < -0.39 is 5.97 Å². The molecular formula is C15H28N2O3S. The number of aliphatic carboxylic acids is 1. The Hall–Kier alpha value is -0.910. The fraction of sp³-hybridized carbons (Fsp3) is 0.867. The van der Waals surface area contributed by atoms with E-state index in [1.54, 1.807) is 11.8 Å². The maximum Gasteiger partial charge on any atom is 0.314 e. The van der Waals surface area contributed by atoms with Gasteiger partial charge < -0.3 is 15.7 Å². The molecule has 0 aliphatic heterocycles. The normalized spacial score (nSPS) is 18.8. The third-order valence-electron chi connectivity index (χ3n) is 4.30.